The minimum Gasteiger partial charge on any atom is -0.285 e. The maximum atomic E-state index is 13.6. The maximum absolute atomic E-state index is 13.6. The summed E-state index contributed by atoms with van der Waals surface area (Å²) in [6, 6.07) is 20.3. The van der Waals surface area contributed by atoms with Crippen molar-refractivity contribution in [2.24, 2.45) is 4.99 Å². The van der Waals surface area contributed by atoms with Crippen molar-refractivity contribution in [2.45, 2.75) is 13.3 Å². The molecule has 0 aliphatic rings. The molecule has 0 radical (unpaired) electrons. The topological polar surface area (TPSA) is 12.4 Å². The largest absolute Gasteiger partial charge is 0.285 e. The van der Waals surface area contributed by atoms with E-state index in [0.29, 0.717) is 18.5 Å². The SMILES string of the molecule is CC(=C/C(/C=C/c1csc2ccccc12)=N\CCc1cc(F)cc(F)c1)/C=C/c1csc2ccccc12. The molecular weight excluding hydrogens is 500 g/mol. The van der Waals surface area contributed by atoms with Gasteiger partial charge in [-0.15, -0.1) is 22.7 Å². The first kappa shape index (κ1) is 25.0. The van der Waals surface area contributed by atoms with Crippen molar-refractivity contribution in [3.05, 3.63) is 130 Å². The van der Waals surface area contributed by atoms with Crippen molar-refractivity contribution in [1.82, 2.24) is 0 Å². The van der Waals surface area contributed by atoms with Gasteiger partial charge in [-0.25, -0.2) is 8.78 Å². The van der Waals surface area contributed by atoms with Crippen LogP contribution in [0.15, 0.2) is 106 Å². The fourth-order valence-corrected chi connectivity index (χ4v) is 6.01. The highest BCUT2D eigenvalue weighted by molar-refractivity contribution is 7.17. The van der Waals surface area contributed by atoms with Crippen LogP contribution in [0.3, 0.4) is 0 Å². The number of benzene rings is 3. The zero-order chi connectivity index (χ0) is 25.6. The van der Waals surface area contributed by atoms with Crippen LogP contribution in [-0.4, -0.2) is 12.3 Å². The minimum atomic E-state index is -0.565. The van der Waals surface area contributed by atoms with Crippen molar-refractivity contribution in [3.63, 3.8) is 0 Å². The molecule has 0 spiro atoms. The van der Waals surface area contributed by atoms with Gasteiger partial charge in [0.05, 0.1) is 5.71 Å². The second-order valence-corrected chi connectivity index (χ2v) is 10.6. The van der Waals surface area contributed by atoms with Gasteiger partial charge >= 0.3 is 0 Å². The Morgan fingerprint density at radius 3 is 1.97 bits per heavy atom. The van der Waals surface area contributed by atoms with E-state index >= 15 is 0 Å². The number of hydrogen-bond donors (Lipinski definition) is 0. The van der Waals surface area contributed by atoms with E-state index in [2.05, 4.69) is 72.3 Å². The van der Waals surface area contributed by atoms with Crippen LogP contribution in [0, 0.1) is 11.6 Å². The van der Waals surface area contributed by atoms with Gasteiger partial charge in [-0.1, -0.05) is 54.6 Å². The molecule has 5 heteroatoms. The molecule has 0 fully saturated rings. The van der Waals surface area contributed by atoms with Gasteiger partial charge in [-0.2, -0.15) is 0 Å². The first-order valence-electron chi connectivity index (χ1n) is 12.0. The van der Waals surface area contributed by atoms with Gasteiger partial charge in [-0.3, -0.25) is 4.99 Å². The minimum absolute atomic E-state index is 0.426. The second kappa shape index (κ2) is 11.6. The van der Waals surface area contributed by atoms with Gasteiger partial charge in [0.15, 0.2) is 0 Å². The Morgan fingerprint density at radius 1 is 0.784 bits per heavy atom. The zero-order valence-corrected chi connectivity index (χ0v) is 22.0. The number of fused-ring (bicyclic) bond motifs is 2. The third-order valence-corrected chi connectivity index (χ3v) is 7.94. The lowest BCUT2D eigenvalue weighted by atomic mass is 10.1. The van der Waals surface area contributed by atoms with Gasteiger partial charge in [0.2, 0.25) is 0 Å². The highest BCUT2D eigenvalue weighted by Gasteiger charge is 2.03. The Labute approximate surface area is 223 Å². The van der Waals surface area contributed by atoms with E-state index in [9.17, 15) is 8.78 Å². The van der Waals surface area contributed by atoms with E-state index in [4.69, 9.17) is 4.99 Å². The molecule has 3 aromatic carbocycles. The Morgan fingerprint density at radius 2 is 1.35 bits per heavy atom. The molecule has 0 N–H and O–H groups in total. The lowest BCUT2D eigenvalue weighted by Crippen LogP contribution is -1.97. The lowest BCUT2D eigenvalue weighted by molar-refractivity contribution is 0.579. The highest BCUT2D eigenvalue weighted by Crippen LogP contribution is 2.28. The molecular formula is C32H25F2NS2. The molecule has 0 aliphatic carbocycles. The Bertz CT molecular complexity index is 1650. The molecule has 0 unspecified atom stereocenters. The number of nitrogens with zero attached hydrogens (tertiary/aromatic N) is 1. The molecule has 0 aliphatic heterocycles. The predicted octanol–water partition coefficient (Wildman–Crippen LogP) is 9.75. The molecule has 0 bridgehead atoms. The summed E-state index contributed by atoms with van der Waals surface area (Å²) in [7, 11) is 0. The smallest absolute Gasteiger partial charge is 0.126 e. The number of allylic oxidation sites excluding steroid dienone is 4. The fraction of sp³-hybridized carbons (Fsp3) is 0.0938. The van der Waals surface area contributed by atoms with E-state index in [1.165, 1.54) is 37.9 Å². The van der Waals surface area contributed by atoms with Gasteiger partial charge in [0.25, 0.3) is 0 Å². The fourth-order valence-electron chi connectivity index (χ4n) is 4.15. The summed E-state index contributed by atoms with van der Waals surface area (Å²) in [5.41, 5.74) is 4.81. The summed E-state index contributed by atoms with van der Waals surface area (Å²) >= 11 is 3.46. The van der Waals surface area contributed by atoms with Crippen LogP contribution < -0.4 is 0 Å². The normalized spacial score (nSPS) is 13.1. The van der Waals surface area contributed by atoms with Crippen LogP contribution >= 0.6 is 22.7 Å². The van der Waals surface area contributed by atoms with Gasteiger partial charge in [0.1, 0.15) is 11.6 Å². The van der Waals surface area contributed by atoms with Gasteiger partial charge in [-0.05, 0) is 93.6 Å². The molecule has 37 heavy (non-hydrogen) atoms. The number of thiophene rings is 2. The monoisotopic (exact) mass is 525 g/mol. The Hall–Kier alpha value is -3.67. The molecule has 184 valence electrons. The van der Waals surface area contributed by atoms with E-state index in [1.54, 1.807) is 22.7 Å². The van der Waals surface area contributed by atoms with Crippen LogP contribution in [0.25, 0.3) is 32.3 Å². The maximum Gasteiger partial charge on any atom is 0.126 e. The summed E-state index contributed by atoms with van der Waals surface area (Å²) in [5.74, 6) is -1.13. The number of halogens is 2. The standard InChI is InChI=1S/C32H25F2NS2/c1-22(10-11-24-20-36-31-8-4-2-6-29(24)31)16-28(35-15-14-23-17-26(33)19-27(34)18-23)13-12-25-21-37-32-9-5-3-7-30(25)32/h2-13,16-21H,14-15H2,1H3/b11-10+,13-12+,22-16-,35-28-. The first-order chi connectivity index (χ1) is 18.0. The first-order valence-corrected chi connectivity index (χ1v) is 13.8. The molecule has 2 heterocycles. The summed E-state index contributed by atoms with van der Waals surface area (Å²) in [5, 5.41) is 6.77. The lowest BCUT2D eigenvalue weighted by Gasteiger charge is -2.02. The van der Waals surface area contributed by atoms with Gasteiger partial charge in [0, 0.05) is 22.0 Å². The van der Waals surface area contributed by atoms with E-state index in [0.717, 1.165) is 22.9 Å². The number of rotatable bonds is 8. The summed E-state index contributed by atoms with van der Waals surface area (Å²) in [6.45, 7) is 2.48. The molecule has 5 rings (SSSR count). The molecule has 5 aromatic rings. The van der Waals surface area contributed by atoms with Crippen molar-refractivity contribution >= 4 is 60.7 Å². The van der Waals surface area contributed by atoms with Crippen molar-refractivity contribution < 1.29 is 8.78 Å². The third kappa shape index (κ3) is 6.37. The molecule has 0 amide bonds. The van der Waals surface area contributed by atoms with Crippen molar-refractivity contribution in [1.29, 1.82) is 0 Å². The van der Waals surface area contributed by atoms with E-state index in [-0.39, 0.29) is 0 Å². The third-order valence-electron chi connectivity index (χ3n) is 5.97. The average molecular weight is 526 g/mol. The van der Waals surface area contributed by atoms with Gasteiger partial charge < -0.3 is 0 Å². The summed E-state index contributed by atoms with van der Waals surface area (Å²) in [6.07, 6.45) is 10.8. The Kier molecular flexibility index (Phi) is 7.83. The summed E-state index contributed by atoms with van der Waals surface area (Å²) < 4.78 is 29.7. The number of aliphatic imine (C=N–C) groups is 1. The second-order valence-electron chi connectivity index (χ2n) is 8.76. The molecule has 0 saturated carbocycles. The Balaban J connectivity index is 1.40. The number of hydrogen-bond acceptors (Lipinski definition) is 3. The molecule has 0 atom stereocenters. The van der Waals surface area contributed by atoms with E-state index in [1.807, 2.05) is 24.3 Å². The van der Waals surface area contributed by atoms with Crippen molar-refractivity contribution in [2.75, 3.05) is 6.54 Å². The zero-order valence-electron chi connectivity index (χ0n) is 20.3. The van der Waals surface area contributed by atoms with Crippen LogP contribution in [0.5, 0.6) is 0 Å². The van der Waals surface area contributed by atoms with Crippen molar-refractivity contribution in [3.8, 4) is 0 Å². The molecule has 1 nitrogen and oxygen atoms in total. The van der Waals surface area contributed by atoms with E-state index < -0.39 is 11.6 Å². The highest BCUT2D eigenvalue weighted by atomic mass is 32.1. The predicted molar refractivity (Wildman–Crippen MR) is 158 cm³/mol. The van der Waals surface area contributed by atoms with Crippen LogP contribution in [0.4, 0.5) is 8.78 Å². The molecule has 2 aromatic heterocycles. The summed E-state index contributed by atoms with van der Waals surface area (Å²) in [4.78, 5) is 4.77. The average Bonchev–Trinajstić information content (AvgIpc) is 3.49. The molecule has 0 saturated heterocycles. The van der Waals surface area contributed by atoms with Crippen LogP contribution in [-0.2, 0) is 6.42 Å². The van der Waals surface area contributed by atoms with Crippen LogP contribution in [0.2, 0.25) is 0 Å². The quantitative estimate of drug-likeness (QED) is 0.141. The van der Waals surface area contributed by atoms with Crippen LogP contribution in [0.1, 0.15) is 23.6 Å².